The van der Waals surface area contributed by atoms with E-state index < -0.39 is 5.82 Å². The lowest BCUT2D eigenvalue weighted by molar-refractivity contribution is 0.00969. The fraction of sp³-hybridized carbons (Fsp3) is 0.389. The molecule has 1 aliphatic rings. The van der Waals surface area contributed by atoms with E-state index in [1.54, 1.807) is 23.5 Å². The minimum absolute atomic E-state index is 0.0893. The van der Waals surface area contributed by atoms with Crippen LogP contribution < -0.4 is 5.32 Å². The maximum absolute atomic E-state index is 13.3. The maximum Gasteiger partial charge on any atom is 0.251 e. The largest absolute Gasteiger partial charge is 0.379 e. The average Bonchev–Trinajstić information content (AvgIpc) is 3.10. The van der Waals surface area contributed by atoms with E-state index in [1.807, 2.05) is 18.4 Å². The minimum Gasteiger partial charge on any atom is -0.379 e. The van der Waals surface area contributed by atoms with E-state index in [4.69, 9.17) is 4.74 Å². The van der Waals surface area contributed by atoms with Gasteiger partial charge in [0.05, 0.1) is 19.3 Å². The Morgan fingerprint density at radius 1 is 1.29 bits per heavy atom. The van der Waals surface area contributed by atoms with Crippen LogP contribution in [0.3, 0.4) is 0 Å². The van der Waals surface area contributed by atoms with Crippen LogP contribution in [-0.2, 0) is 4.74 Å². The molecule has 1 N–H and O–H groups in total. The third-order valence-corrected chi connectivity index (χ3v) is 5.14. The summed E-state index contributed by atoms with van der Waals surface area (Å²) in [5.74, 6) is -0.657. The van der Waals surface area contributed by atoms with Crippen molar-refractivity contribution in [3.63, 3.8) is 0 Å². The summed E-state index contributed by atoms with van der Waals surface area (Å²) in [4.78, 5) is 16.0. The van der Waals surface area contributed by atoms with Gasteiger partial charge in [-0.25, -0.2) is 4.39 Å². The van der Waals surface area contributed by atoms with E-state index in [9.17, 15) is 9.18 Å². The maximum atomic E-state index is 13.3. The summed E-state index contributed by atoms with van der Waals surface area (Å²) in [5.41, 5.74) is 0.341. The van der Waals surface area contributed by atoms with Crippen LogP contribution in [0.1, 0.15) is 28.2 Å². The van der Waals surface area contributed by atoms with Gasteiger partial charge < -0.3 is 10.1 Å². The third kappa shape index (κ3) is 4.01. The summed E-state index contributed by atoms with van der Waals surface area (Å²) in [7, 11) is 0. The molecule has 0 radical (unpaired) electrons. The average molecular weight is 348 g/mol. The van der Waals surface area contributed by atoms with Crippen molar-refractivity contribution in [1.82, 2.24) is 10.2 Å². The number of ether oxygens (including phenoxy) is 1. The number of nitrogens with zero attached hydrogens (tertiary/aromatic N) is 1. The Labute approximate surface area is 145 Å². The van der Waals surface area contributed by atoms with E-state index in [2.05, 4.69) is 16.3 Å². The topological polar surface area (TPSA) is 41.6 Å². The van der Waals surface area contributed by atoms with E-state index >= 15 is 0 Å². The highest BCUT2D eigenvalue weighted by molar-refractivity contribution is 7.10. The number of carbonyl (C=O) groups excluding carboxylic acids is 1. The molecule has 2 aromatic rings. The molecule has 0 saturated carbocycles. The van der Waals surface area contributed by atoms with Crippen LogP contribution in [0.4, 0.5) is 4.39 Å². The summed E-state index contributed by atoms with van der Waals surface area (Å²) in [6.45, 7) is 5.07. The van der Waals surface area contributed by atoms with Gasteiger partial charge in [-0.3, -0.25) is 9.69 Å². The summed E-state index contributed by atoms with van der Waals surface area (Å²) in [6.07, 6.45) is 0. The molecule has 2 heterocycles. The zero-order chi connectivity index (χ0) is 16.9. The van der Waals surface area contributed by atoms with Gasteiger partial charge in [0.1, 0.15) is 5.82 Å². The molecule has 1 fully saturated rings. The Morgan fingerprint density at radius 2 is 2.08 bits per heavy atom. The van der Waals surface area contributed by atoms with Crippen molar-refractivity contribution >= 4 is 17.2 Å². The molecule has 1 amide bonds. The second-order valence-electron chi connectivity index (χ2n) is 5.88. The Balaban J connectivity index is 1.75. The highest BCUT2D eigenvalue weighted by atomic mass is 32.1. The van der Waals surface area contributed by atoms with Crippen molar-refractivity contribution in [2.75, 3.05) is 26.3 Å². The number of rotatable bonds is 5. The molecule has 3 rings (SSSR count). The predicted octanol–water partition coefficient (Wildman–Crippen LogP) is 3.08. The van der Waals surface area contributed by atoms with Crippen LogP contribution in [0.25, 0.3) is 0 Å². The van der Waals surface area contributed by atoms with Crippen molar-refractivity contribution in [3.8, 4) is 0 Å². The monoisotopic (exact) mass is 348 g/mol. The first kappa shape index (κ1) is 17.1. The first-order valence-electron chi connectivity index (χ1n) is 8.07. The van der Waals surface area contributed by atoms with Crippen molar-refractivity contribution in [2.45, 2.75) is 19.0 Å². The fourth-order valence-electron chi connectivity index (χ4n) is 3.06. The third-order valence-electron chi connectivity index (χ3n) is 4.19. The number of thiophene rings is 1. The van der Waals surface area contributed by atoms with Gasteiger partial charge in [-0.15, -0.1) is 11.3 Å². The molecule has 4 nitrogen and oxygen atoms in total. The van der Waals surface area contributed by atoms with E-state index in [0.29, 0.717) is 18.8 Å². The Bertz CT molecular complexity index is 671. The number of benzene rings is 1. The lowest BCUT2D eigenvalue weighted by atomic mass is 10.0. The molecule has 0 unspecified atom stereocenters. The summed E-state index contributed by atoms with van der Waals surface area (Å²) < 4.78 is 18.8. The number of hydrogen-bond acceptors (Lipinski definition) is 4. The molecule has 1 aliphatic heterocycles. The summed E-state index contributed by atoms with van der Waals surface area (Å²) in [6, 6.07) is 9.88. The number of halogens is 1. The molecule has 0 bridgehead atoms. The molecule has 1 aromatic carbocycles. The molecular formula is C18H21FN2O2S. The molecule has 1 aromatic heterocycles. The molecule has 128 valence electrons. The first-order chi connectivity index (χ1) is 11.6. The van der Waals surface area contributed by atoms with Crippen molar-refractivity contribution in [3.05, 3.63) is 58.0 Å². The highest BCUT2D eigenvalue weighted by Gasteiger charge is 2.29. The predicted molar refractivity (Wildman–Crippen MR) is 92.8 cm³/mol. The molecule has 24 heavy (non-hydrogen) atoms. The summed E-state index contributed by atoms with van der Waals surface area (Å²) in [5, 5.41) is 5.07. The highest BCUT2D eigenvalue weighted by Crippen LogP contribution is 2.29. The van der Waals surface area contributed by atoms with E-state index in [0.717, 1.165) is 13.1 Å². The quantitative estimate of drug-likeness (QED) is 0.903. The van der Waals surface area contributed by atoms with Crippen molar-refractivity contribution in [2.24, 2.45) is 0 Å². The Morgan fingerprint density at radius 3 is 2.75 bits per heavy atom. The lowest BCUT2D eigenvalue weighted by Gasteiger charge is -2.37. The van der Waals surface area contributed by atoms with Gasteiger partial charge in [0.25, 0.3) is 5.91 Å². The van der Waals surface area contributed by atoms with E-state index in [-0.39, 0.29) is 18.0 Å². The van der Waals surface area contributed by atoms with Gasteiger partial charge in [0.2, 0.25) is 0 Å². The molecular weight excluding hydrogens is 327 g/mol. The zero-order valence-corrected chi connectivity index (χ0v) is 14.4. The smallest absolute Gasteiger partial charge is 0.251 e. The number of amides is 1. The SMILES string of the molecule is C[C@H](NC(=O)c1cccc(F)c1)[C@H](c1cccs1)N1CCOCC1. The zero-order valence-electron chi connectivity index (χ0n) is 13.6. The van der Waals surface area contributed by atoms with Gasteiger partial charge in [-0.1, -0.05) is 12.1 Å². The van der Waals surface area contributed by atoms with Gasteiger partial charge >= 0.3 is 0 Å². The Kier molecular flexibility index (Phi) is 5.60. The first-order valence-corrected chi connectivity index (χ1v) is 8.95. The van der Waals surface area contributed by atoms with Crippen LogP contribution in [0.5, 0.6) is 0 Å². The summed E-state index contributed by atoms with van der Waals surface area (Å²) >= 11 is 1.68. The number of carbonyl (C=O) groups is 1. The molecule has 2 atom stereocenters. The second-order valence-corrected chi connectivity index (χ2v) is 6.86. The normalized spacial score (nSPS) is 18.1. The fourth-order valence-corrected chi connectivity index (χ4v) is 4.02. The van der Waals surface area contributed by atoms with Crippen LogP contribution in [0, 0.1) is 5.82 Å². The minimum atomic E-state index is -0.404. The number of morpholine rings is 1. The molecule has 0 spiro atoms. The Hall–Kier alpha value is -1.76. The van der Waals surface area contributed by atoms with Crippen molar-refractivity contribution in [1.29, 1.82) is 0 Å². The molecule has 0 aliphatic carbocycles. The van der Waals surface area contributed by atoms with Crippen molar-refractivity contribution < 1.29 is 13.9 Å². The van der Waals surface area contributed by atoms with Crippen LogP contribution in [-0.4, -0.2) is 43.2 Å². The second kappa shape index (κ2) is 7.88. The molecule has 1 saturated heterocycles. The van der Waals surface area contributed by atoms with Crippen LogP contribution in [0.15, 0.2) is 41.8 Å². The number of hydrogen-bond donors (Lipinski definition) is 1. The standard InChI is InChI=1S/C18H21FN2O2S/c1-13(20-18(22)14-4-2-5-15(19)12-14)17(16-6-3-11-24-16)21-7-9-23-10-8-21/h2-6,11-13,17H,7-10H2,1H3,(H,20,22)/t13-,17+/m0/s1. The van der Waals surface area contributed by atoms with Gasteiger partial charge in [0.15, 0.2) is 0 Å². The van der Waals surface area contributed by atoms with E-state index in [1.165, 1.54) is 17.0 Å². The van der Waals surface area contributed by atoms with Crippen LogP contribution in [0.2, 0.25) is 0 Å². The number of nitrogens with one attached hydrogen (secondary N) is 1. The lowest BCUT2D eigenvalue weighted by Crippen LogP contribution is -2.48. The van der Waals surface area contributed by atoms with Crippen LogP contribution >= 0.6 is 11.3 Å². The van der Waals surface area contributed by atoms with Gasteiger partial charge in [0, 0.05) is 29.6 Å². The molecule has 6 heteroatoms. The van der Waals surface area contributed by atoms with Gasteiger partial charge in [-0.2, -0.15) is 0 Å². The van der Waals surface area contributed by atoms with Gasteiger partial charge in [-0.05, 0) is 36.6 Å².